The van der Waals surface area contributed by atoms with Crippen LogP contribution in [0.4, 0.5) is 4.39 Å². The van der Waals surface area contributed by atoms with Crippen molar-refractivity contribution in [3.8, 4) is 5.75 Å². The van der Waals surface area contributed by atoms with Gasteiger partial charge in [0.05, 0.1) is 0 Å². The van der Waals surface area contributed by atoms with Gasteiger partial charge >= 0.3 is 0 Å². The molecule has 66 valence electrons. The SMILES string of the molecule is Cc1ccc([C@@H](C)N)c(O)c1F. The molecule has 2 nitrogen and oxygen atoms in total. The van der Waals surface area contributed by atoms with Crippen LogP contribution in [0, 0.1) is 12.7 Å². The van der Waals surface area contributed by atoms with Crippen LogP contribution in [0.1, 0.15) is 24.1 Å². The fraction of sp³-hybridized carbons (Fsp3) is 0.333. The minimum atomic E-state index is -0.579. The van der Waals surface area contributed by atoms with Crippen LogP contribution in [0.3, 0.4) is 0 Å². The van der Waals surface area contributed by atoms with Crippen LogP contribution in [-0.4, -0.2) is 5.11 Å². The molecule has 3 heteroatoms. The number of aryl methyl sites for hydroxylation is 1. The van der Waals surface area contributed by atoms with Gasteiger partial charge in [0.2, 0.25) is 0 Å². The zero-order valence-corrected chi connectivity index (χ0v) is 7.13. The third kappa shape index (κ3) is 1.41. The number of benzene rings is 1. The van der Waals surface area contributed by atoms with Crippen molar-refractivity contribution in [1.82, 2.24) is 0 Å². The van der Waals surface area contributed by atoms with Gasteiger partial charge < -0.3 is 10.8 Å². The van der Waals surface area contributed by atoms with Gasteiger partial charge in [-0.05, 0) is 19.4 Å². The summed E-state index contributed by atoms with van der Waals surface area (Å²) in [5.74, 6) is -0.908. The van der Waals surface area contributed by atoms with Crippen LogP contribution >= 0.6 is 0 Å². The Morgan fingerprint density at radius 2 is 2.08 bits per heavy atom. The molecule has 0 aliphatic carbocycles. The minimum Gasteiger partial charge on any atom is -0.505 e. The number of hydrogen-bond donors (Lipinski definition) is 2. The smallest absolute Gasteiger partial charge is 0.168 e. The van der Waals surface area contributed by atoms with Gasteiger partial charge in [0.25, 0.3) is 0 Å². The maximum Gasteiger partial charge on any atom is 0.168 e. The molecular weight excluding hydrogens is 157 g/mol. The molecule has 0 unspecified atom stereocenters. The first-order chi connectivity index (χ1) is 5.54. The Hall–Kier alpha value is -1.09. The van der Waals surface area contributed by atoms with Crippen LogP contribution in [0.2, 0.25) is 0 Å². The molecule has 0 fully saturated rings. The van der Waals surface area contributed by atoms with Gasteiger partial charge in [-0.25, -0.2) is 4.39 Å². The lowest BCUT2D eigenvalue weighted by Crippen LogP contribution is -2.06. The molecule has 1 aromatic carbocycles. The van der Waals surface area contributed by atoms with Crippen molar-refractivity contribution in [1.29, 1.82) is 0 Å². The largest absolute Gasteiger partial charge is 0.505 e. The molecular formula is C9H12FNO. The minimum absolute atomic E-state index is 0.329. The molecule has 0 spiro atoms. The fourth-order valence-corrected chi connectivity index (χ4v) is 1.05. The van der Waals surface area contributed by atoms with E-state index in [4.69, 9.17) is 5.73 Å². The summed E-state index contributed by atoms with van der Waals surface area (Å²) < 4.78 is 13.0. The average Bonchev–Trinajstić information content (AvgIpc) is 2.00. The maximum absolute atomic E-state index is 13.0. The summed E-state index contributed by atoms with van der Waals surface area (Å²) in [6.07, 6.45) is 0. The Morgan fingerprint density at radius 1 is 1.50 bits per heavy atom. The Balaban J connectivity index is 3.27. The standard InChI is InChI=1S/C9H12FNO/c1-5-3-4-7(6(2)11)9(12)8(5)10/h3-4,6,12H,11H2,1-2H3/t6-/m1/s1. The molecule has 0 heterocycles. The van der Waals surface area contributed by atoms with E-state index in [1.165, 1.54) is 0 Å². The third-order valence-corrected chi connectivity index (χ3v) is 1.83. The summed E-state index contributed by atoms with van der Waals surface area (Å²) in [5, 5.41) is 9.29. The molecule has 0 saturated heterocycles. The summed E-state index contributed by atoms with van der Waals surface area (Å²) in [4.78, 5) is 0. The Kier molecular flexibility index (Phi) is 2.33. The molecule has 1 atom stereocenters. The number of aromatic hydroxyl groups is 1. The second-order valence-corrected chi connectivity index (χ2v) is 2.92. The first kappa shape index (κ1) is 9.00. The fourth-order valence-electron chi connectivity index (χ4n) is 1.05. The van der Waals surface area contributed by atoms with Crippen molar-refractivity contribution in [2.24, 2.45) is 5.73 Å². The number of nitrogens with two attached hydrogens (primary N) is 1. The van der Waals surface area contributed by atoms with E-state index in [1.807, 2.05) is 0 Å². The first-order valence-electron chi connectivity index (χ1n) is 3.77. The normalized spacial score (nSPS) is 13.0. The predicted molar refractivity (Wildman–Crippen MR) is 45.4 cm³/mol. The van der Waals surface area contributed by atoms with Gasteiger partial charge in [0, 0.05) is 11.6 Å². The van der Waals surface area contributed by atoms with Crippen molar-refractivity contribution < 1.29 is 9.50 Å². The summed E-state index contributed by atoms with van der Waals surface area (Å²) in [6, 6.07) is 2.90. The molecule has 0 aliphatic heterocycles. The van der Waals surface area contributed by atoms with Crippen molar-refractivity contribution >= 4 is 0 Å². The van der Waals surface area contributed by atoms with E-state index >= 15 is 0 Å². The topological polar surface area (TPSA) is 46.2 Å². The molecule has 1 rings (SSSR count). The lowest BCUT2D eigenvalue weighted by molar-refractivity contribution is 0.420. The highest BCUT2D eigenvalue weighted by molar-refractivity contribution is 5.39. The number of hydrogen-bond acceptors (Lipinski definition) is 2. The highest BCUT2D eigenvalue weighted by Gasteiger charge is 2.11. The van der Waals surface area contributed by atoms with Gasteiger partial charge in [0.15, 0.2) is 11.6 Å². The van der Waals surface area contributed by atoms with Gasteiger partial charge in [-0.1, -0.05) is 12.1 Å². The summed E-state index contributed by atoms with van der Waals surface area (Å²) in [7, 11) is 0. The molecule has 0 amide bonds. The van der Waals surface area contributed by atoms with Crippen LogP contribution < -0.4 is 5.73 Å². The highest BCUT2D eigenvalue weighted by atomic mass is 19.1. The molecule has 0 radical (unpaired) electrons. The predicted octanol–water partition coefficient (Wildman–Crippen LogP) is 1.86. The molecule has 12 heavy (non-hydrogen) atoms. The lowest BCUT2D eigenvalue weighted by atomic mass is 10.1. The van der Waals surface area contributed by atoms with Crippen LogP contribution in [0.5, 0.6) is 5.75 Å². The van der Waals surface area contributed by atoms with Gasteiger partial charge in [-0.15, -0.1) is 0 Å². The van der Waals surface area contributed by atoms with E-state index in [0.29, 0.717) is 11.1 Å². The zero-order chi connectivity index (χ0) is 9.30. The Bertz CT molecular complexity index is 297. The van der Waals surface area contributed by atoms with Crippen molar-refractivity contribution in [2.45, 2.75) is 19.9 Å². The van der Waals surface area contributed by atoms with E-state index in [0.717, 1.165) is 0 Å². The number of phenols is 1. The first-order valence-corrected chi connectivity index (χ1v) is 3.77. The molecule has 0 saturated carbocycles. The summed E-state index contributed by atoms with van der Waals surface area (Å²) >= 11 is 0. The second-order valence-electron chi connectivity index (χ2n) is 2.92. The Morgan fingerprint density at radius 3 is 2.58 bits per heavy atom. The third-order valence-electron chi connectivity index (χ3n) is 1.83. The van der Waals surface area contributed by atoms with Gasteiger partial charge in [-0.2, -0.15) is 0 Å². The van der Waals surface area contributed by atoms with Gasteiger partial charge in [-0.3, -0.25) is 0 Å². The van der Waals surface area contributed by atoms with Crippen LogP contribution in [0.25, 0.3) is 0 Å². The monoisotopic (exact) mass is 169 g/mol. The number of halogens is 1. The Labute approximate surface area is 70.8 Å². The van der Waals surface area contributed by atoms with Crippen molar-refractivity contribution in [3.05, 3.63) is 29.1 Å². The van der Waals surface area contributed by atoms with Crippen LogP contribution in [-0.2, 0) is 0 Å². The van der Waals surface area contributed by atoms with E-state index in [1.54, 1.807) is 26.0 Å². The van der Waals surface area contributed by atoms with Gasteiger partial charge in [0.1, 0.15) is 0 Å². The zero-order valence-electron chi connectivity index (χ0n) is 7.13. The average molecular weight is 169 g/mol. The molecule has 1 aromatic rings. The second kappa shape index (κ2) is 3.11. The summed E-state index contributed by atoms with van der Waals surface area (Å²) in [5.41, 5.74) is 6.38. The highest BCUT2D eigenvalue weighted by Crippen LogP contribution is 2.27. The van der Waals surface area contributed by atoms with E-state index in [2.05, 4.69) is 0 Å². The number of rotatable bonds is 1. The molecule has 0 aliphatic rings. The van der Waals surface area contributed by atoms with Crippen molar-refractivity contribution in [3.63, 3.8) is 0 Å². The van der Waals surface area contributed by atoms with E-state index in [-0.39, 0.29) is 11.8 Å². The van der Waals surface area contributed by atoms with Crippen LogP contribution in [0.15, 0.2) is 12.1 Å². The van der Waals surface area contributed by atoms with Crippen molar-refractivity contribution in [2.75, 3.05) is 0 Å². The molecule has 0 aromatic heterocycles. The van der Waals surface area contributed by atoms with E-state index in [9.17, 15) is 9.50 Å². The molecule has 3 N–H and O–H groups in total. The van der Waals surface area contributed by atoms with E-state index < -0.39 is 5.82 Å². The maximum atomic E-state index is 13.0. The lowest BCUT2D eigenvalue weighted by Gasteiger charge is -2.09. The molecule has 0 bridgehead atoms. The quantitative estimate of drug-likeness (QED) is 0.674. The number of phenolic OH excluding ortho intramolecular Hbond substituents is 1. The summed E-state index contributed by atoms with van der Waals surface area (Å²) in [6.45, 7) is 3.30.